The Morgan fingerprint density at radius 2 is 1.89 bits per heavy atom. The van der Waals surface area contributed by atoms with Crippen LogP contribution < -0.4 is 21.4 Å². The molecule has 0 saturated carbocycles. The summed E-state index contributed by atoms with van der Waals surface area (Å²) in [6, 6.07) is 10.2. The van der Waals surface area contributed by atoms with E-state index in [1.807, 2.05) is 29.5 Å². The van der Waals surface area contributed by atoms with Crippen LogP contribution in [0.15, 0.2) is 42.6 Å². The van der Waals surface area contributed by atoms with E-state index in [-0.39, 0.29) is 28.5 Å². The Hall–Kier alpha value is -1.68. The molecule has 0 aliphatic heterocycles. The van der Waals surface area contributed by atoms with Crippen molar-refractivity contribution >= 4 is 16.3 Å². The van der Waals surface area contributed by atoms with Gasteiger partial charge in [-0.2, -0.15) is 4.40 Å². The van der Waals surface area contributed by atoms with Crippen molar-refractivity contribution in [3.63, 3.8) is 0 Å². The van der Waals surface area contributed by atoms with Crippen LogP contribution in [0.5, 0.6) is 5.75 Å². The highest BCUT2D eigenvalue weighted by Crippen LogP contribution is 2.26. The molecule has 0 saturated heterocycles. The normalized spacial score (nSPS) is 10.6. The minimum absolute atomic E-state index is 0. The van der Waals surface area contributed by atoms with E-state index in [0.29, 0.717) is 10.8 Å². The lowest BCUT2D eigenvalue weighted by Crippen LogP contribution is -3.00. The minimum Gasteiger partial charge on any atom is -1.00 e. The van der Waals surface area contributed by atoms with Crippen molar-refractivity contribution < 1.29 is 30.9 Å². The third-order valence-electron chi connectivity index (χ3n) is 3.02. The molecule has 0 bridgehead atoms. The molecule has 1 N–H and O–H groups in total. The van der Waals surface area contributed by atoms with Crippen LogP contribution in [0, 0.1) is 12.7 Å². The number of halogens is 2. The van der Waals surface area contributed by atoms with Gasteiger partial charge in [0.2, 0.25) is 11.7 Å². The van der Waals surface area contributed by atoms with Gasteiger partial charge in [-0.25, -0.2) is 4.39 Å². The van der Waals surface area contributed by atoms with Gasteiger partial charge in [0.1, 0.15) is 5.82 Å². The van der Waals surface area contributed by atoms with Gasteiger partial charge in [0.15, 0.2) is 11.4 Å². The van der Waals surface area contributed by atoms with Crippen LogP contribution in [-0.2, 0) is 0 Å². The fourth-order valence-electron chi connectivity index (χ4n) is 2.16. The molecule has 2 aromatic heterocycles. The predicted octanol–water partition coefficient (Wildman–Crippen LogP) is -0.264. The molecule has 0 spiro atoms. The summed E-state index contributed by atoms with van der Waals surface area (Å²) in [6.45, 7) is 1.94. The number of aromatic nitrogens is 1. The predicted molar refractivity (Wildman–Crippen MR) is 63.5 cm³/mol. The summed E-state index contributed by atoms with van der Waals surface area (Å²) < 4.78 is 15.2. The van der Waals surface area contributed by atoms with Crippen LogP contribution in [0.25, 0.3) is 16.3 Å². The second-order valence-electron chi connectivity index (χ2n) is 4.13. The summed E-state index contributed by atoms with van der Waals surface area (Å²) in [5.41, 5.74) is 1.88. The monoisotopic (exact) mass is 307 g/mol. The van der Waals surface area contributed by atoms with E-state index < -0.39 is 0 Å². The van der Waals surface area contributed by atoms with Crippen molar-refractivity contribution in [2.75, 3.05) is 0 Å². The standard InChI is InChI=1S/C14H10FNO.BrH/c1-9-3-2-4-13-12-7-10(15)5-6-11(12)14(17)8-16(9)13;/h2-8H,1H3;1H. The number of aryl methyl sites for hydroxylation is 1. The highest BCUT2D eigenvalue weighted by Gasteiger charge is 2.14. The summed E-state index contributed by atoms with van der Waals surface area (Å²) in [5.74, 6) is -0.140. The molecule has 0 aliphatic rings. The van der Waals surface area contributed by atoms with Crippen molar-refractivity contribution in [1.29, 1.82) is 0 Å². The van der Waals surface area contributed by atoms with E-state index in [4.69, 9.17) is 0 Å². The van der Waals surface area contributed by atoms with E-state index in [2.05, 4.69) is 0 Å². The molecule has 2 nitrogen and oxygen atoms in total. The molecule has 0 amide bonds. The number of pyridine rings is 2. The number of benzene rings is 1. The molecule has 3 aromatic rings. The third-order valence-corrected chi connectivity index (χ3v) is 3.02. The van der Waals surface area contributed by atoms with Crippen LogP contribution in [0.1, 0.15) is 5.69 Å². The van der Waals surface area contributed by atoms with Crippen LogP contribution in [0.3, 0.4) is 0 Å². The van der Waals surface area contributed by atoms with Gasteiger partial charge >= 0.3 is 0 Å². The number of rotatable bonds is 0. The lowest BCUT2D eigenvalue weighted by Gasteiger charge is -2.02. The molecular formula is C14H11BrFNO. The van der Waals surface area contributed by atoms with Gasteiger partial charge in [-0.15, -0.1) is 0 Å². The van der Waals surface area contributed by atoms with Gasteiger partial charge in [-0.05, 0) is 24.3 Å². The van der Waals surface area contributed by atoms with Crippen LogP contribution in [-0.4, -0.2) is 5.11 Å². The van der Waals surface area contributed by atoms with Gasteiger partial charge in [-0.1, -0.05) is 0 Å². The quantitative estimate of drug-likeness (QED) is 0.449. The van der Waals surface area contributed by atoms with Crippen molar-refractivity contribution in [3.05, 3.63) is 54.1 Å². The first-order chi connectivity index (χ1) is 8.16. The Kier molecular flexibility index (Phi) is 3.22. The molecule has 92 valence electrons. The van der Waals surface area contributed by atoms with E-state index >= 15 is 0 Å². The van der Waals surface area contributed by atoms with E-state index in [0.717, 1.165) is 11.2 Å². The van der Waals surface area contributed by atoms with Crippen LogP contribution >= 0.6 is 0 Å². The lowest BCUT2D eigenvalue weighted by atomic mass is 10.1. The highest BCUT2D eigenvalue weighted by molar-refractivity contribution is 5.97. The zero-order valence-electron chi connectivity index (χ0n) is 9.69. The van der Waals surface area contributed by atoms with E-state index in [1.54, 1.807) is 12.3 Å². The summed E-state index contributed by atoms with van der Waals surface area (Å²) in [6.07, 6.45) is 1.66. The summed E-state index contributed by atoms with van der Waals surface area (Å²) in [4.78, 5) is 0. The Morgan fingerprint density at radius 3 is 2.67 bits per heavy atom. The third kappa shape index (κ3) is 1.82. The second-order valence-corrected chi connectivity index (χ2v) is 4.13. The number of nitrogens with zero attached hydrogens (tertiary/aromatic N) is 1. The first-order valence-electron chi connectivity index (χ1n) is 5.39. The topological polar surface area (TPSA) is 24.3 Å². The maximum Gasteiger partial charge on any atom is 0.219 e. The molecule has 4 heteroatoms. The summed E-state index contributed by atoms with van der Waals surface area (Å²) >= 11 is 0. The second kappa shape index (κ2) is 4.53. The molecule has 2 heterocycles. The Bertz CT molecular complexity index is 743. The van der Waals surface area contributed by atoms with Crippen molar-refractivity contribution in [2.45, 2.75) is 6.92 Å². The summed E-state index contributed by atoms with van der Waals surface area (Å²) in [7, 11) is 0. The zero-order chi connectivity index (χ0) is 12.0. The molecule has 0 aliphatic carbocycles. The molecule has 3 rings (SSSR count). The fourth-order valence-corrected chi connectivity index (χ4v) is 2.16. The number of aromatic hydroxyl groups is 1. The first-order valence-corrected chi connectivity index (χ1v) is 5.39. The SMILES string of the molecule is Cc1cccc2c3cc(F)ccc3c(O)c[n+]12.[Br-]. The van der Waals surface area contributed by atoms with Crippen LogP contribution in [0.4, 0.5) is 4.39 Å². The minimum atomic E-state index is -0.300. The van der Waals surface area contributed by atoms with Gasteiger partial charge in [0.25, 0.3) is 0 Å². The molecule has 0 atom stereocenters. The first kappa shape index (κ1) is 12.8. The average molecular weight is 308 g/mol. The van der Waals surface area contributed by atoms with Gasteiger partial charge < -0.3 is 22.1 Å². The fraction of sp³-hybridized carbons (Fsp3) is 0.0714. The number of fused-ring (bicyclic) bond motifs is 3. The lowest BCUT2D eigenvalue weighted by molar-refractivity contribution is -0.519. The summed E-state index contributed by atoms with van der Waals surface area (Å²) in [5, 5.41) is 11.3. The molecular weight excluding hydrogens is 297 g/mol. The number of hydrogen-bond acceptors (Lipinski definition) is 1. The van der Waals surface area contributed by atoms with Gasteiger partial charge in [0, 0.05) is 24.4 Å². The average Bonchev–Trinajstić information content (AvgIpc) is 2.31. The van der Waals surface area contributed by atoms with E-state index in [9.17, 15) is 9.50 Å². The maximum absolute atomic E-state index is 13.3. The Labute approximate surface area is 114 Å². The largest absolute Gasteiger partial charge is 1.00 e. The molecule has 0 unspecified atom stereocenters. The Morgan fingerprint density at radius 1 is 1.11 bits per heavy atom. The van der Waals surface area contributed by atoms with Gasteiger partial charge in [0.05, 0.1) is 5.39 Å². The molecule has 0 radical (unpaired) electrons. The van der Waals surface area contributed by atoms with Gasteiger partial charge in [-0.3, -0.25) is 0 Å². The molecule has 0 fully saturated rings. The van der Waals surface area contributed by atoms with Crippen molar-refractivity contribution in [2.24, 2.45) is 0 Å². The van der Waals surface area contributed by atoms with Crippen LogP contribution in [0.2, 0.25) is 0 Å². The zero-order valence-corrected chi connectivity index (χ0v) is 11.3. The van der Waals surface area contributed by atoms with E-state index in [1.165, 1.54) is 12.1 Å². The number of hydrogen-bond donors (Lipinski definition) is 1. The highest BCUT2D eigenvalue weighted by atomic mass is 79.9. The maximum atomic E-state index is 13.3. The van der Waals surface area contributed by atoms with Crippen molar-refractivity contribution in [3.8, 4) is 5.75 Å². The van der Waals surface area contributed by atoms with Crippen molar-refractivity contribution in [1.82, 2.24) is 0 Å². The molecule has 18 heavy (non-hydrogen) atoms. The Balaban J connectivity index is 0.00000120. The molecule has 1 aromatic carbocycles. The smallest absolute Gasteiger partial charge is 0.219 e.